The molecular weight excluding hydrogens is 272 g/mol. The largest absolute Gasteiger partial charge is 0.399 e. The predicted octanol–water partition coefficient (Wildman–Crippen LogP) is 2.27. The lowest BCUT2D eigenvalue weighted by atomic mass is 10.2. The molecule has 0 bridgehead atoms. The maximum absolute atomic E-state index is 12.0. The van der Waals surface area contributed by atoms with Crippen LogP contribution in [0.3, 0.4) is 0 Å². The summed E-state index contributed by atoms with van der Waals surface area (Å²) in [6, 6.07) is 7.03. The van der Waals surface area contributed by atoms with E-state index in [1.807, 2.05) is 19.9 Å². The van der Waals surface area contributed by atoms with Gasteiger partial charge in [0.05, 0.1) is 5.56 Å². The van der Waals surface area contributed by atoms with E-state index in [2.05, 4.69) is 15.3 Å². The number of nitrogens with two attached hydrogens (primary N) is 1. The van der Waals surface area contributed by atoms with Gasteiger partial charge >= 0.3 is 0 Å². The van der Waals surface area contributed by atoms with E-state index in [0.717, 1.165) is 10.6 Å². The minimum Gasteiger partial charge on any atom is -0.399 e. The van der Waals surface area contributed by atoms with Crippen LogP contribution in [0.15, 0.2) is 40.5 Å². The van der Waals surface area contributed by atoms with Crippen molar-refractivity contribution in [2.75, 3.05) is 12.3 Å². The highest BCUT2D eigenvalue weighted by Gasteiger charge is 2.13. The second-order valence-corrected chi connectivity index (χ2v) is 5.21. The SMILES string of the molecule is CCNC(=O)c1ccc(N)cc1Sc1nccc(C)n1. The van der Waals surface area contributed by atoms with E-state index in [0.29, 0.717) is 23.0 Å². The number of aryl methyl sites for hydroxylation is 1. The molecule has 0 atom stereocenters. The molecule has 5 nitrogen and oxygen atoms in total. The number of nitrogen functional groups attached to an aromatic ring is 1. The van der Waals surface area contributed by atoms with Crippen molar-refractivity contribution in [2.24, 2.45) is 0 Å². The lowest BCUT2D eigenvalue weighted by Gasteiger charge is -2.09. The van der Waals surface area contributed by atoms with E-state index in [9.17, 15) is 4.79 Å². The molecule has 6 heteroatoms. The van der Waals surface area contributed by atoms with Crippen molar-refractivity contribution in [3.8, 4) is 0 Å². The van der Waals surface area contributed by atoms with Gasteiger partial charge in [-0.1, -0.05) is 0 Å². The molecule has 1 amide bonds. The third kappa shape index (κ3) is 3.48. The van der Waals surface area contributed by atoms with Gasteiger partial charge < -0.3 is 11.1 Å². The summed E-state index contributed by atoms with van der Waals surface area (Å²) < 4.78 is 0. The minimum atomic E-state index is -0.123. The van der Waals surface area contributed by atoms with Crippen LogP contribution in [0.1, 0.15) is 23.0 Å². The highest BCUT2D eigenvalue weighted by molar-refractivity contribution is 7.99. The van der Waals surface area contributed by atoms with Crippen LogP contribution < -0.4 is 11.1 Å². The summed E-state index contributed by atoms with van der Waals surface area (Å²) in [5, 5.41) is 3.38. The lowest BCUT2D eigenvalue weighted by Crippen LogP contribution is -2.23. The Labute approximate surface area is 122 Å². The van der Waals surface area contributed by atoms with Gasteiger partial charge in [0.2, 0.25) is 0 Å². The summed E-state index contributed by atoms with van der Waals surface area (Å²) in [5.74, 6) is -0.123. The number of anilines is 1. The first-order valence-corrected chi connectivity index (χ1v) is 7.07. The maximum atomic E-state index is 12.0. The highest BCUT2D eigenvalue weighted by atomic mass is 32.2. The molecule has 0 aliphatic rings. The zero-order chi connectivity index (χ0) is 14.5. The van der Waals surface area contributed by atoms with Crippen molar-refractivity contribution in [3.05, 3.63) is 41.7 Å². The first kappa shape index (κ1) is 14.3. The topological polar surface area (TPSA) is 80.9 Å². The van der Waals surface area contributed by atoms with Crippen LogP contribution >= 0.6 is 11.8 Å². The molecular formula is C14H16N4OS. The number of carbonyl (C=O) groups is 1. The third-order valence-corrected chi connectivity index (χ3v) is 3.50. The Balaban J connectivity index is 2.34. The van der Waals surface area contributed by atoms with Gasteiger partial charge in [0, 0.05) is 29.0 Å². The first-order chi connectivity index (χ1) is 9.60. The summed E-state index contributed by atoms with van der Waals surface area (Å²) >= 11 is 1.33. The summed E-state index contributed by atoms with van der Waals surface area (Å²) in [5.41, 5.74) is 7.86. The molecule has 104 valence electrons. The molecule has 1 aromatic carbocycles. The molecule has 20 heavy (non-hydrogen) atoms. The van der Waals surface area contributed by atoms with Crippen LogP contribution in [0.2, 0.25) is 0 Å². The Kier molecular flexibility index (Phi) is 4.57. The zero-order valence-electron chi connectivity index (χ0n) is 11.4. The number of benzene rings is 1. The second kappa shape index (κ2) is 6.38. The second-order valence-electron chi connectivity index (χ2n) is 4.20. The Morgan fingerprint density at radius 1 is 1.40 bits per heavy atom. The van der Waals surface area contributed by atoms with Crippen LogP contribution in [0.4, 0.5) is 5.69 Å². The molecule has 2 aromatic rings. The van der Waals surface area contributed by atoms with Gasteiger partial charge in [-0.25, -0.2) is 9.97 Å². The molecule has 0 saturated carbocycles. The van der Waals surface area contributed by atoms with Gasteiger partial charge in [-0.05, 0) is 49.9 Å². The molecule has 0 aliphatic carbocycles. The Morgan fingerprint density at radius 3 is 2.90 bits per heavy atom. The summed E-state index contributed by atoms with van der Waals surface area (Å²) in [6.45, 7) is 4.36. The molecule has 3 N–H and O–H groups in total. The van der Waals surface area contributed by atoms with Crippen molar-refractivity contribution >= 4 is 23.4 Å². The van der Waals surface area contributed by atoms with Crippen molar-refractivity contribution in [1.82, 2.24) is 15.3 Å². The van der Waals surface area contributed by atoms with Crippen molar-refractivity contribution in [3.63, 3.8) is 0 Å². The van der Waals surface area contributed by atoms with Gasteiger partial charge in [-0.15, -0.1) is 0 Å². The van der Waals surface area contributed by atoms with E-state index in [4.69, 9.17) is 5.73 Å². The number of amides is 1. The monoisotopic (exact) mass is 288 g/mol. The fourth-order valence-electron chi connectivity index (χ4n) is 1.64. The predicted molar refractivity (Wildman–Crippen MR) is 79.8 cm³/mol. The van der Waals surface area contributed by atoms with Crippen LogP contribution in [0.5, 0.6) is 0 Å². The van der Waals surface area contributed by atoms with Gasteiger partial charge in [0.15, 0.2) is 5.16 Å². The standard InChI is InChI=1S/C14H16N4OS/c1-3-16-13(19)11-5-4-10(15)8-12(11)20-14-17-7-6-9(2)18-14/h4-8H,3,15H2,1-2H3,(H,16,19). The average Bonchev–Trinajstić information content (AvgIpc) is 2.39. The van der Waals surface area contributed by atoms with Crippen molar-refractivity contribution < 1.29 is 4.79 Å². The van der Waals surface area contributed by atoms with Crippen LogP contribution in [0.25, 0.3) is 0 Å². The quantitative estimate of drug-likeness (QED) is 0.666. The van der Waals surface area contributed by atoms with E-state index < -0.39 is 0 Å². The Bertz CT molecular complexity index is 630. The summed E-state index contributed by atoms with van der Waals surface area (Å²) in [4.78, 5) is 21.3. The number of hydrogen-bond acceptors (Lipinski definition) is 5. The van der Waals surface area contributed by atoms with Gasteiger partial charge in [0.25, 0.3) is 5.91 Å². The highest BCUT2D eigenvalue weighted by Crippen LogP contribution is 2.29. The zero-order valence-corrected chi connectivity index (χ0v) is 12.2. The van der Waals surface area contributed by atoms with Gasteiger partial charge in [0.1, 0.15) is 0 Å². The molecule has 0 fully saturated rings. The average molecular weight is 288 g/mol. The molecule has 1 aromatic heterocycles. The Morgan fingerprint density at radius 2 is 2.20 bits per heavy atom. The fraction of sp³-hybridized carbons (Fsp3) is 0.214. The van der Waals surface area contributed by atoms with Crippen molar-refractivity contribution in [2.45, 2.75) is 23.9 Å². The van der Waals surface area contributed by atoms with E-state index >= 15 is 0 Å². The fourth-order valence-corrected chi connectivity index (χ4v) is 2.61. The van der Waals surface area contributed by atoms with Crippen LogP contribution in [-0.2, 0) is 0 Å². The van der Waals surface area contributed by atoms with Crippen LogP contribution in [-0.4, -0.2) is 22.4 Å². The molecule has 1 heterocycles. The first-order valence-electron chi connectivity index (χ1n) is 6.25. The molecule has 0 saturated heterocycles. The third-order valence-electron chi connectivity index (χ3n) is 2.56. The Hall–Kier alpha value is -2.08. The number of nitrogens with one attached hydrogen (secondary N) is 1. The van der Waals surface area contributed by atoms with E-state index in [-0.39, 0.29) is 5.91 Å². The molecule has 0 aliphatic heterocycles. The summed E-state index contributed by atoms with van der Waals surface area (Å²) in [7, 11) is 0. The van der Waals surface area contributed by atoms with E-state index in [1.54, 1.807) is 24.4 Å². The minimum absolute atomic E-state index is 0.123. The van der Waals surface area contributed by atoms with E-state index in [1.165, 1.54) is 11.8 Å². The molecule has 0 unspecified atom stereocenters. The maximum Gasteiger partial charge on any atom is 0.252 e. The van der Waals surface area contributed by atoms with Crippen LogP contribution in [0, 0.1) is 6.92 Å². The molecule has 0 radical (unpaired) electrons. The number of carbonyl (C=O) groups excluding carboxylic acids is 1. The number of rotatable bonds is 4. The lowest BCUT2D eigenvalue weighted by molar-refractivity contribution is 0.0953. The normalized spacial score (nSPS) is 10.3. The molecule has 0 spiro atoms. The summed E-state index contributed by atoms with van der Waals surface area (Å²) in [6.07, 6.45) is 1.70. The van der Waals surface area contributed by atoms with Gasteiger partial charge in [-0.3, -0.25) is 4.79 Å². The number of nitrogens with zero attached hydrogens (tertiary/aromatic N) is 2. The van der Waals surface area contributed by atoms with Crippen molar-refractivity contribution in [1.29, 1.82) is 0 Å². The van der Waals surface area contributed by atoms with Gasteiger partial charge in [-0.2, -0.15) is 0 Å². The molecule has 2 rings (SSSR count). The smallest absolute Gasteiger partial charge is 0.252 e. The number of aromatic nitrogens is 2. The number of hydrogen-bond donors (Lipinski definition) is 2.